The van der Waals surface area contributed by atoms with Crippen LogP contribution in [0, 0.1) is 13.8 Å². The van der Waals surface area contributed by atoms with Crippen molar-refractivity contribution >= 4 is 45.6 Å². The molecule has 0 fully saturated rings. The Balaban J connectivity index is 2.14. The van der Waals surface area contributed by atoms with E-state index in [9.17, 15) is 9.59 Å². The first-order chi connectivity index (χ1) is 11.9. The van der Waals surface area contributed by atoms with Gasteiger partial charge in [-0.3, -0.25) is 9.59 Å². The number of aromatic nitrogens is 1. The van der Waals surface area contributed by atoms with Gasteiger partial charge in [0, 0.05) is 16.3 Å². The van der Waals surface area contributed by atoms with Crippen molar-refractivity contribution in [2.75, 3.05) is 5.32 Å². The number of thiazole rings is 1. The molecule has 2 amide bonds. The molecule has 3 N–H and O–H groups in total. The fourth-order valence-corrected chi connectivity index (χ4v) is 4.33. The fourth-order valence-electron chi connectivity index (χ4n) is 2.49. The van der Waals surface area contributed by atoms with Gasteiger partial charge < -0.3 is 11.1 Å². The number of unbranched alkanes of at least 4 members (excludes halogenated alkanes) is 2. The summed E-state index contributed by atoms with van der Waals surface area (Å²) in [6, 6.07) is 0. The molecule has 0 aliphatic rings. The monoisotopic (exact) mass is 377 g/mol. The van der Waals surface area contributed by atoms with Crippen LogP contribution in [0.15, 0.2) is 11.5 Å². The van der Waals surface area contributed by atoms with Gasteiger partial charge in [0.05, 0.1) is 16.3 Å². The minimum Gasteiger partial charge on any atom is -0.365 e. The zero-order chi connectivity index (χ0) is 18.4. The van der Waals surface area contributed by atoms with E-state index in [0.717, 1.165) is 46.8 Å². The smallest absolute Gasteiger partial charge is 0.251 e. The molecule has 0 saturated carbocycles. The van der Waals surface area contributed by atoms with E-state index >= 15 is 0 Å². The van der Waals surface area contributed by atoms with E-state index in [4.69, 9.17) is 5.73 Å². The maximum atomic E-state index is 12.2. The van der Waals surface area contributed by atoms with E-state index in [1.54, 1.807) is 6.08 Å². The largest absolute Gasteiger partial charge is 0.365 e. The topological polar surface area (TPSA) is 85.1 Å². The molecule has 2 heterocycles. The quantitative estimate of drug-likeness (QED) is 0.531. The van der Waals surface area contributed by atoms with Gasteiger partial charge in [0.15, 0.2) is 0 Å². The number of rotatable bonds is 8. The molecule has 0 aliphatic carbocycles. The van der Waals surface area contributed by atoms with E-state index in [1.807, 2.05) is 19.2 Å². The van der Waals surface area contributed by atoms with Crippen LogP contribution in [-0.2, 0) is 11.2 Å². The predicted molar refractivity (Wildman–Crippen MR) is 105 cm³/mol. The molecule has 0 unspecified atom stereocenters. The summed E-state index contributed by atoms with van der Waals surface area (Å²) < 4.78 is 0. The highest BCUT2D eigenvalue weighted by molar-refractivity contribution is 7.17. The molecule has 7 heteroatoms. The third kappa shape index (κ3) is 5.24. The molecule has 0 spiro atoms. The second kappa shape index (κ2) is 8.92. The Morgan fingerprint density at radius 2 is 2.08 bits per heavy atom. The van der Waals surface area contributed by atoms with E-state index in [1.165, 1.54) is 28.7 Å². The second-order valence-electron chi connectivity index (χ2n) is 5.79. The van der Waals surface area contributed by atoms with Gasteiger partial charge in [-0.1, -0.05) is 19.8 Å². The summed E-state index contributed by atoms with van der Waals surface area (Å²) in [5, 5.41) is 6.15. The molecule has 0 atom stereocenters. The highest BCUT2D eigenvalue weighted by Crippen LogP contribution is 2.34. The average molecular weight is 378 g/mol. The lowest BCUT2D eigenvalue weighted by Gasteiger charge is -2.02. The van der Waals surface area contributed by atoms with Crippen molar-refractivity contribution in [3.05, 3.63) is 38.2 Å². The predicted octanol–water partition coefficient (Wildman–Crippen LogP) is 4.30. The number of carbonyl (C=O) groups is 2. The molecule has 0 saturated heterocycles. The van der Waals surface area contributed by atoms with Gasteiger partial charge in [-0.2, -0.15) is 0 Å². The first kappa shape index (κ1) is 19.3. The number of thiophene rings is 1. The molecule has 0 aromatic carbocycles. The molecule has 0 aliphatic heterocycles. The standard InChI is InChI=1S/C18H23N3O2S2/c1-4-5-6-7-14-11(2)16(17(19)23)18(25-14)21-15(22)9-8-13-10-24-12(3)20-13/h8-10H,4-7H2,1-3H3,(H2,19,23)(H,21,22). The van der Waals surface area contributed by atoms with E-state index in [-0.39, 0.29) is 5.91 Å². The number of anilines is 1. The number of nitrogens with one attached hydrogen (secondary N) is 1. The molecular formula is C18H23N3O2S2. The van der Waals surface area contributed by atoms with Crippen molar-refractivity contribution < 1.29 is 9.59 Å². The van der Waals surface area contributed by atoms with Gasteiger partial charge in [-0.15, -0.1) is 22.7 Å². The summed E-state index contributed by atoms with van der Waals surface area (Å²) >= 11 is 2.97. The molecule has 5 nitrogen and oxygen atoms in total. The Hall–Kier alpha value is -1.99. The average Bonchev–Trinajstić information content (AvgIpc) is 3.09. The number of nitrogens with zero attached hydrogens (tertiary/aromatic N) is 1. The van der Waals surface area contributed by atoms with Gasteiger partial charge in [-0.25, -0.2) is 4.98 Å². The van der Waals surface area contributed by atoms with Crippen molar-refractivity contribution in [3.8, 4) is 0 Å². The summed E-state index contributed by atoms with van der Waals surface area (Å²) in [4.78, 5) is 29.4. The number of nitrogens with two attached hydrogens (primary N) is 1. The lowest BCUT2D eigenvalue weighted by molar-refractivity contribution is -0.111. The Kier molecular flexibility index (Phi) is 6.90. The molecule has 2 aromatic heterocycles. The molecule has 2 aromatic rings. The van der Waals surface area contributed by atoms with Crippen LogP contribution >= 0.6 is 22.7 Å². The zero-order valence-electron chi connectivity index (χ0n) is 14.7. The van der Waals surface area contributed by atoms with Crippen molar-refractivity contribution in [2.24, 2.45) is 5.73 Å². The Morgan fingerprint density at radius 1 is 1.32 bits per heavy atom. The van der Waals surface area contributed by atoms with Crippen molar-refractivity contribution in [2.45, 2.75) is 46.5 Å². The van der Waals surface area contributed by atoms with Gasteiger partial charge in [0.1, 0.15) is 5.00 Å². The summed E-state index contributed by atoms with van der Waals surface area (Å²) in [5.41, 5.74) is 7.56. The number of carbonyl (C=O) groups excluding carboxylic acids is 2. The molecule has 2 rings (SSSR count). The summed E-state index contributed by atoms with van der Waals surface area (Å²) in [6.07, 6.45) is 7.32. The van der Waals surface area contributed by atoms with Gasteiger partial charge in [0.2, 0.25) is 5.91 Å². The van der Waals surface area contributed by atoms with E-state index in [2.05, 4.69) is 17.2 Å². The summed E-state index contributed by atoms with van der Waals surface area (Å²) in [7, 11) is 0. The van der Waals surface area contributed by atoms with Crippen LogP contribution in [-0.4, -0.2) is 16.8 Å². The third-order valence-corrected chi connectivity index (χ3v) is 5.84. The van der Waals surface area contributed by atoms with Crippen LogP contribution in [0.5, 0.6) is 0 Å². The van der Waals surface area contributed by atoms with Crippen LogP contribution in [0.4, 0.5) is 5.00 Å². The first-order valence-corrected chi connectivity index (χ1v) is 9.95. The van der Waals surface area contributed by atoms with Crippen LogP contribution in [0.3, 0.4) is 0 Å². The number of aryl methyl sites for hydroxylation is 2. The molecule has 25 heavy (non-hydrogen) atoms. The van der Waals surface area contributed by atoms with E-state index < -0.39 is 5.91 Å². The van der Waals surface area contributed by atoms with E-state index in [0.29, 0.717) is 10.6 Å². The van der Waals surface area contributed by atoms with Gasteiger partial charge in [0.25, 0.3) is 5.91 Å². The van der Waals surface area contributed by atoms with Crippen LogP contribution in [0.1, 0.15) is 57.7 Å². The van der Waals surface area contributed by atoms with Crippen LogP contribution < -0.4 is 11.1 Å². The minimum atomic E-state index is -0.509. The Bertz CT molecular complexity index is 790. The minimum absolute atomic E-state index is 0.297. The first-order valence-electron chi connectivity index (χ1n) is 8.25. The number of hydrogen-bond acceptors (Lipinski definition) is 5. The summed E-state index contributed by atoms with van der Waals surface area (Å²) in [6.45, 7) is 5.95. The number of hydrogen-bond donors (Lipinski definition) is 2. The SMILES string of the molecule is CCCCCc1sc(NC(=O)C=Cc2csc(C)n2)c(C(N)=O)c1C. The highest BCUT2D eigenvalue weighted by atomic mass is 32.1. The maximum Gasteiger partial charge on any atom is 0.251 e. The van der Waals surface area contributed by atoms with Crippen molar-refractivity contribution in [1.82, 2.24) is 4.98 Å². The molecule has 0 bridgehead atoms. The third-order valence-electron chi connectivity index (χ3n) is 3.78. The molecular weight excluding hydrogens is 354 g/mol. The lowest BCUT2D eigenvalue weighted by Crippen LogP contribution is -2.16. The van der Waals surface area contributed by atoms with Crippen molar-refractivity contribution in [3.63, 3.8) is 0 Å². The normalized spacial score (nSPS) is 11.2. The second-order valence-corrected chi connectivity index (χ2v) is 7.96. The number of primary amides is 1. The molecule has 134 valence electrons. The lowest BCUT2D eigenvalue weighted by atomic mass is 10.1. The summed E-state index contributed by atoms with van der Waals surface area (Å²) in [5.74, 6) is -0.806. The van der Waals surface area contributed by atoms with Gasteiger partial charge in [-0.05, 0) is 38.3 Å². The fraction of sp³-hybridized carbons (Fsp3) is 0.389. The molecule has 0 radical (unpaired) electrons. The Labute approximate surface area is 156 Å². The highest BCUT2D eigenvalue weighted by Gasteiger charge is 2.20. The van der Waals surface area contributed by atoms with Crippen LogP contribution in [0.25, 0.3) is 6.08 Å². The van der Waals surface area contributed by atoms with Crippen LogP contribution in [0.2, 0.25) is 0 Å². The zero-order valence-corrected chi connectivity index (χ0v) is 16.4. The number of amides is 2. The Morgan fingerprint density at radius 3 is 2.68 bits per heavy atom. The van der Waals surface area contributed by atoms with Gasteiger partial charge >= 0.3 is 0 Å². The van der Waals surface area contributed by atoms with Crippen molar-refractivity contribution in [1.29, 1.82) is 0 Å². The maximum absolute atomic E-state index is 12.2.